The van der Waals surface area contributed by atoms with Gasteiger partial charge in [0.1, 0.15) is 0 Å². The van der Waals surface area contributed by atoms with E-state index >= 15 is 0 Å². The number of nitrogens with one attached hydrogen (secondary N) is 1. The van der Waals surface area contributed by atoms with Crippen LogP contribution >= 0.6 is 0 Å². The number of likely N-dealkylation sites (tertiary alicyclic amines) is 1. The van der Waals surface area contributed by atoms with Gasteiger partial charge in [0.2, 0.25) is 0 Å². The molecule has 2 aliphatic rings. The van der Waals surface area contributed by atoms with E-state index in [4.69, 9.17) is 14.2 Å². The largest absolute Gasteiger partial charge is 0.493 e. The molecule has 0 radical (unpaired) electrons. The Kier molecular flexibility index (Phi) is 8.04. The van der Waals surface area contributed by atoms with Crippen LogP contribution in [0.25, 0.3) is 0 Å². The quantitative estimate of drug-likeness (QED) is 0.423. The average Bonchev–Trinajstić information content (AvgIpc) is 2.84. The first-order valence-corrected chi connectivity index (χ1v) is 11.3. The molecule has 0 bridgehead atoms. The van der Waals surface area contributed by atoms with Gasteiger partial charge >= 0.3 is 5.97 Å². The molecule has 1 aromatic carbocycles. The van der Waals surface area contributed by atoms with Crippen LogP contribution in [0.2, 0.25) is 0 Å². The average molecular weight is 432 g/mol. The fraction of sp³-hybridized carbons (Fsp3) is 0.667. The lowest BCUT2D eigenvalue weighted by molar-refractivity contribution is -0.146. The Morgan fingerprint density at radius 2 is 1.77 bits per heavy atom. The number of guanidine groups is 1. The molecule has 31 heavy (non-hydrogen) atoms. The van der Waals surface area contributed by atoms with E-state index in [0.717, 1.165) is 62.8 Å². The van der Waals surface area contributed by atoms with E-state index in [1.165, 1.54) is 31.9 Å². The van der Waals surface area contributed by atoms with Gasteiger partial charge in [0.25, 0.3) is 0 Å². The lowest BCUT2D eigenvalue weighted by atomic mass is 9.69. The Bertz CT molecular complexity index is 766. The Morgan fingerprint density at radius 3 is 2.35 bits per heavy atom. The number of esters is 1. The number of nitrogens with zero attached hydrogens (tertiary/aromatic N) is 2. The monoisotopic (exact) mass is 431 g/mol. The van der Waals surface area contributed by atoms with Crippen molar-refractivity contribution in [1.29, 1.82) is 0 Å². The molecule has 1 saturated carbocycles. The second-order valence-corrected chi connectivity index (χ2v) is 8.60. The second-order valence-electron chi connectivity index (χ2n) is 8.60. The predicted octanol–water partition coefficient (Wildman–Crippen LogP) is 3.37. The molecule has 0 atom stereocenters. The summed E-state index contributed by atoms with van der Waals surface area (Å²) in [6.07, 6.45) is 7.60. The molecule has 2 fully saturated rings. The van der Waals surface area contributed by atoms with E-state index in [2.05, 4.69) is 27.3 Å². The minimum Gasteiger partial charge on any atom is -0.493 e. The van der Waals surface area contributed by atoms with Crippen LogP contribution < -0.4 is 14.8 Å². The van der Waals surface area contributed by atoms with Gasteiger partial charge in [-0.3, -0.25) is 9.79 Å². The number of carbonyl (C=O) groups is 1. The third kappa shape index (κ3) is 5.25. The maximum absolute atomic E-state index is 11.8. The summed E-state index contributed by atoms with van der Waals surface area (Å²) in [7, 11) is 6.65. The minimum atomic E-state index is -0.0998. The normalized spacial score (nSPS) is 19.6. The van der Waals surface area contributed by atoms with Crippen LogP contribution in [0.5, 0.6) is 11.5 Å². The smallest absolute Gasteiger partial charge is 0.308 e. The molecule has 0 aromatic heterocycles. The Hall–Kier alpha value is -2.44. The van der Waals surface area contributed by atoms with Crippen molar-refractivity contribution in [1.82, 2.24) is 10.2 Å². The molecule has 1 aliphatic heterocycles. The van der Waals surface area contributed by atoms with Gasteiger partial charge in [-0.1, -0.05) is 25.3 Å². The van der Waals surface area contributed by atoms with Crippen molar-refractivity contribution < 1.29 is 19.0 Å². The highest BCUT2D eigenvalue weighted by molar-refractivity contribution is 5.80. The topological polar surface area (TPSA) is 72.4 Å². The summed E-state index contributed by atoms with van der Waals surface area (Å²) >= 11 is 0. The summed E-state index contributed by atoms with van der Waals surface area (Å²) in [6.45, 7) is 2.44. The van der Waals surface area contributed by atoms with Crippen molar-refractivity contribution in [2.24, 2.45) is 10.9 Å². The lowest BCUT2D eigenvalue weighted by Crippen LogP contribution is -2.50. The summed E-state index contributed by atoms with van der Waals surface area (Å²) in [5.74, 6) is 2.34. The van der Waals surface area contributed by atoms with Gasteiger partial charge in [0, 0.05) is 32.1 Å². The van der Waals surface area contributed by atoms with Gasteiger partial charge in [-0.2, -0.15) is 0 Å². The maximum atomic E-state index is 11.8. The number of methoxy groups -OCH3 is 3. The number of hydrogen-bond donors (Lipinski definition) is 1. The van der Waals surface area contributed by atoms with Crippen LogP contribution in [-0.2, 0) is 14.9 Å². The van der Waals surface area contributed by atoms with Crippen LogP contribution in [-0.4, -0.2) is 64.8 Å². The van der Waals surface area contributed by atoms with E-state index in [-0.39, 0.29) is 17.3 Å². The fourth-order valence-electron chi connectivity index (χ4n) is 5.04. The summed E-state index contributed by atoms with van der Waals surface area (Å²) < 4.78 is 15.9. The van der Waals surface area contributed by atoms with E-state index in [1.54, 1.807) is 14.2 Å². The van der Waals surface area contributed by atoms with Crippen LogP contribution in [0, 0.1) is 5.92 Å². The number of piperidine rings is 1. The number of carbonyl (C=O) groups excluding carboxylic acids is 1. The molecule has 0 unspecified atom stereocenters. The molecular formula is C24H37N3O4. The van der Waals surface area contributed by atoms with E-state index < -0.39 is 0 Å². The Morgan fingerprint density at radius 1 is 1.10 bits per heavy atom. The molecule has 1 heterocycles. The van der Waals surface area contributed by atoms with Gasteiger partial charge in [-0.05, 0) is 43.4 Å². The summed E-state index contributed by atoms with van der Waals surface area (Å²) in [5.41, 5.74) is 1.33. The molecule has 1 aliphatic carbocycles. The first kappa shape index (κ1) is 23.2. The molecule has 3 rings (SSSR count). The van der Waals surface area contributed by atoms with E-state index in [9.17, 15) is 4.79 Å². The Balaban J connectivity index is 1.72. The minimum absolute atomic E-state index is 0.00388. The highest BCUT2D eigenvalue weighted by Crippen LogP contribution is 2.42. The molecule has 172 valence electrons. The lowest BCUT2D eigenvalue weighted by Gasteiger charge is -2.40. The van der Waals surface area contributed by atoms with Crippen molar-refractivity contribution in [3.63, 3.8) is 0 Å². The van der Waals surface area contributed by atoms with Gasteiger partial charge in [-0.25, -0.2) is 0 Å². The van der Waals surface area contributed by atoms with Gasteiger partial charge in [0.15, 0.2) is 17.5 Å². The summed E-state index contributed by atoms with van der Waals surface area (Å²) in [6, 6.07) is 6.33. The molecule has 7 heteroatoms. The fourth-order valence-corrected chi connectivity index (χ4v) is 5.04. The van der Waals surface area contributed by atoms with Crippen molar-refractivity contribution in [3.05, 3.63) is 23.8 Å². The molecular weight excluding hydrogens is 394 g/mol. The molecule has 7 nitrogen and oxygen atoms in total. The predicted molar refractivity (Wildman–Crippen MR) is 122 cm³/mol. The van der Waals surface area contributed by atoms with Crippen LogP contribution in [0.4, 0.5) is 0 Å². The SMILES string of the molecule is CN=C(NCC1(c2ccc(OC)c(OC)c2)CCCCC1)N1CCC(C(=O)OC)CC1. The van der Waals surface area contributed by atoms with Gasteiger partial charge < -0.3 is 24.4 Å². The summed E-state index contributed by atoms with van der Waals surface area (Å²) in [5, 5.41) is 3.66. The number of benzene rings is 1. The van der Waals surface area contributed by atoms with Gasteiger partial charge in [0.05, 0.1) is 27.2 Å². The third-order valence-electron chi connectivity index (χ3n) is 6.93. The summed E-state index contributed by atoms with van der Waals surface area (Å²) in [4.78, 5) is 18.6. The first-order chi connectivity index (χ1) is 15.1. The van der Waals surface area contributed by atoms with Crippen molar-refractivity contribution in [2.75, 3.05) is 48.0 Å². The molecule has 0 spiro atoms. The van der Waals surface area contributed by atoms with Gasteiger partial charge in [-0.15, -0.1) is 0 Å². The van der Waals surface area contributed by atoms with Crippen LogP contribution in [0.3, 0.4) is 0 Å². The zero-order chi connectivity index (χ0) is 22.3. The van der Waals surface area contributed by atoms with Crippen molar-refractivity contribution in [3.8, 4) is 11.5 Å². The third-order valence-corrected chi connectivity index (χ3v) is 6.93. The first-order valence-electron chi connectivity index (χ1n) is 11.3. The number of ether oxygens (including phenoxy) is 3. The molecule has 0 amide bonds. The highest BCUT2D eigenvalue weighted by Gasteiger charge is 2.35. The Labute approximate surface area is 186 Å². The van der Waals surface area contributed by atoms with Crippen molar-refractivity contribution in [2.45, 2.75) is 50.4 Å². The molecule has 1 aromatic rings. The molecule has 1 N–H and O–H groups in total. The van der Waals surface area contributed by atoms with E-state index in [1.807, 2.05) is 13.1 Å². The van der Waals surface area contributed by atoms with E-state index in [0.29, 0.717) is 0 Å². The van der Waals surface area contributed by atoms with Crippen LogP contribution in [0.1, 0.15) is 50.5 Å². The number of hydrogen-bond acceptors (Lipinski definition) is 5. The maximum Gasteiger partial charge on any atom is 0.308 e. The number of aliphatic imine (C=N–C) groups is 1. The zero-order valence-electron chi connectivity index (χ0n) is 19.4. The highest BCUT2D eigenvalue weighted by atomic mass is 16.5. The van der Waals surface area contributed by atoms with Crippen molar-refractivity contribution >= 4 is 11.9 Å². The number of rotatable bonds is 6. The zero-order valence-corrected chi connectivity index (χ0v) is 19.4. The molecule has 1 saturated heterocycles. The standard InChI is InChI=1S/C24H37N3O4/c1-25-23(27-14-10-18(11-15-27)22(28)31-4)26-17-24(12-6-5-7-13-24)19-8-9-20(29-2)21(16-19)30-3/h8-9,16,18H,5-7,10-15,17H2,1-4H3,(H,25,26). The second kappa shape index (κ2) is 10.7. The van der Waals surface area contributed by atoms with Crippen LogP contribution in [0.15, 0.2) is 23.2 Å².